The number of fused-ring (bicyclic) bond motifs is 2. The predicted octanol–water partition coefficient (Wildman–Crippen LogP) is 4.92. The number of rotatable bonds is 7. The molecule has 2 aromatic carbocycles. The maximum atomic E-state index is 13.2. The molecule has 2 aliphatic heterocycles. The minimum Gasteiger partial charge on any atom is -0.445 e. The Kier molecular flexibility index (Phi) is 7.06. The van der Waals surface area contributed by atoms with E-state index in [1.54, 1.807) is 4.90 Å². The summed E-state index contributed by atoms with van der Waals surface area (Å²) in [7, 11) is 0. The molecule has 2 unspecified atom stereocenters. The van der Waals surface area contributed by atoms with Crippen LogP contribution < -0.4 is 4.74 Å². The lowest BCUT2D eigenvalue weighted by Gasteiger charge is -2.47. The molecule has 2 aromatic rings. The third kappa shape index (κ3) is 5.32. The molecule has 4 rings (SSSR count). The van der Waals surface area contributed by atoms with Gasteiger partial charge in [0.25, 0.3) is 0 Å². The molecule has 182 valence electrons. The van der Waals surface area contributed by atoms with Crippen LogP contribution >= 0.6 is 0 Å². The second kappa shape index (κ2) is 10.0. The molecular weight excluding hydrogens is 458 g/mol. The first-order valence-corrected chi connectivity index (χ1v) is 10.8. The van der Waals surface area contributed by atoms with Crippen molar-refractivity contribution in [2.24, 2.45) is 5.92 Å². The number of Topliss-reactive ketones (excluding diaryl/α,β-unsaturated/α-hetero) is 1. The van der Waals surface area contributed by atoms with Crippen LogP contribution in [0, 0.1) is 5.92 Å². The fourth-order valence-electron chi connectivity index (χ4n) is 4.37. The first kappa shape index (κ1) is 24.0. The molecule has 10 heteroatoms. The van der Waals surface area contributed by atoms with Gasteiger partial charge in [0.1, 0.15) is 12.4 Å². The zero-order valence-electron chi connectivity index (χ0n) is 18.0. The zero-order valence-corrected chi connectivity index (χ0v) is 18.0. The van der Waals surface area contributed by atoms with Gasteiger partial charge in [-0.05, 0) is 30.5 Å². The van der Waals surface area contributed by atoms with Crippen LogP contribution in [0.5, 0.6) is 5.75 Å². The molecule has 0 radical (unpaired) electrons. The number of carbonyl (C=O) groups is 2. The number of morpholine rings is 1. The van der Waals surface area contributed by atoms with Gasteiger partial charge in [-0.2, -0.15) is 17.6 Å². The van der Waals surface area contributed by atoms with E-state index in [2.05, 4.69) is 4.74 Å². The van der Waals surface area contributed by atoms with Crippen LogP contribution in [0.15, 0.2) is 54.6 Å². The second-order valence-corrected chi connectivity index (χ2v) is 8.32. The second-order valence-electron chi connectivity index (χ2n) is 8.32. The van der Waals surface area contributed by atoms with Gasteiger partial charge < -0.3 is 14.2 Å². The van der Waals surface area contributed by atoms with Gasteiger partial charge in [0.15, 0.2) is 5.78 Å². The number of alkyl halides is 4. The molecule has 34 heavy (non-hydrogen) atoms. The van der Waals surface area contributed by atoms with Gasteiger partial charge in [-0.1, -0.05) is 42.5 Å². The van der Waals surface area contributed by atoms with Crippen molar-refractivity contribution in [3.63, 3.8) is 0 Å². The van der Waals surface area contributed by atoms with E-state index in [4.69, 9.17) is 9.47 Å². The van der Waals surface area contributed by atoms with E-state index in [1.807, 2.05) is 30.3 Å². The average Bonchev–Trinajstić information content (AvgIpc) is 2.81. The maximum Gasteiger partial charge on any atom is 0.461 e. The van der Waals surface area contributed by atoms with Crippen LogP contribution in [0.4, 0.5) is 22.4 Å². The summed E-state index contributed by atoms with van der Waals surface area (Å²) in [5, 5.41) is 0. The number of nitrogens with zero attached hydrogens (tertiary/aromatic N) is 1. The van der Waals surface area contributed by atoms with Gasteiger partial charge in [-0.25, -0.2) is 4.79 Å². The summed E-state index contributed by atoms with van der Waals surface area (Å²) in [4.78, 5) is 27.5. The average molecular weight is 481 g/mol. The Labute approximate surface area is 193 Å². The summed E-state index contributed by atoms with van der Waals surface area (Å²) in [6.07, 6.45) is -8.56. The molecule has 6 nitrogen and oxygen atoms in total. The van der Waals surface area contributed by atoms with Crippen molar-refractivity contribution in [2.75, 3.05) is 13.2 Å². The molecule has 2 atom stereocenters. The SMILES string of the molecule is O=C(c1cccc(OC(F)(F)C(F)F)c1)C1CC2COCC(C1)N2C(=O)OCc1ccccc1. The Balaban J connectivity index is 1.42. The number of ether oxygens (including phenoxy) is 3. The number of hydrogen-bond donors (Lipinski definition) is 0. The van der Waals surface area contributed by atoms with E-state index >= 15 is 0 Å². The third-order valence-electron chi connectivity index (χ3n) is 5.93. The summed E-state index contributed by atoms with van der Waals surface area (Å²) in [5.41, 5.74) is 0.925. The molecule has 2 saturated heterocycles. The van der Waals surface area contributed by atoms with Crippen molar-refractivity contribution >= 4 is 11.9 Å². The molecular formula is C24H23F4NO5. The highest BCUT2D eigenvalue weighted by atomic mass is 19.3. The van der Waals surface area contributed by atoms with Crippen LogP contribution in [0.3, 0.4) is 0 Å². The van der Waals surface area contributed by atoms with Crippen LogP contribution in [-0.4, -0.2) is 54.6 Å². The molecule has 2 aliphatic rings. The van der Waals surface area contributed by atoms with Crippen molar-refractivity contribution in [1.82, 2.24) is 4.90 Å². The highest BCUT2D eigenvalue weighted by Crippen LogP contribution is 2.35. The van der Waals surface area contributed by atoms with Crippen molar-refractivity contribution in [3.8, 4) is 5.75 Å². The molecule has 1 amide bonds. The Bertz CT molecular complexity index is 1010. The van der Waals surface area contributed by atoms with Gasteiger partial charge in [-0.3, -0.25) is 9.69 Å². The molecule has 0 N–H and O–H groups in total. The van der Waals surface area contributed by atoms with Gasteiger partial charge in [0.2, 0.25) is 0 Å². The van der Waals surface area contributed by atoms with E-state index in [0.717, 1.165) is 17.7 Å². The highest BCUT2D eigenvalue weighted by Gasteiger charge is 2.45. The third-order valence-corrected chi connectivity index (χ3v) is 5.93. The lowest BCUT2D eigenvalue weighted by atomic mass is 9.81. The van der Waals surface area contributed by atoms with Crippen molar-refractivity contribution in [2.45, 2.75) is 44.1 Å². The number of ketones is 1. The fraction of sp³-hybridized carbons (Fsp3) is 0.417. The number of halogens is 4. The molecule has 2 heterocycles. The highest BCUT2D eigenvalue weighted by molar-refractivity contribution is 5.98. The number of hydrogen-bond acceptors (Lipinski definition) is 5. The predicted molar refractivity (Wildman–Crippen MR) is 112 cm³/mol. The van der Waals surface area contributed by atoms with Crippen LogP contribution in [0.25, 0.3) is 0 Å². The number of benzene rings is 2. The summed E-state index contributed by atoms with van der Waals surface area (Å²) >= 11 is 0. The largest absolute Gasteiger partial charge is 0.461 e. The fourth-order valence-corrected chi connectivity index (χ4v) is 4.37. The van der Waals surface area contributed by atoms with Gasteiger partial charge >= 0.3 is 18.6 Å². The lowest BCUT2D eigenvalue weighted by Crippen LogP contribution is -2.59. The van der Waals surface area contributed by atoms with E-state index in [9.17, 15) is 27.2 Å². The summed E-state index contributed by atoms with van der Waals surface area (Å²) < 4.78 is 66.5. The molecule has 0 spiro atoms. The lowest BCUT2D eigenvalue weighted by molar-refractivity contribution is -0.253. The van der Waals surface area contributed by atoms with Crippen molar-refractivity contribution in [3.05, 3.63) is 65.7 Å². The quantitative estimate of drug-likeness (QED) is 0.415. The van der Waals surface area contributed by atoms with E-state index in [-0.39, 0.29) is 43.3 Å². The first-order chi connectivity index (χ1) is 16.2. The summed E-state index contributed by atoms with van der Waals surface area (Å²) in [6, 6.07) is 13.3. The van der Waals surface area contributed by atoms with Gasteiger partial charge in [0, 0.05) is 11.5 Å². The Morgan fingerprint density at radius 1 is 1.03 bits per heavy atom. The Morgan fingerprint density at radius 2 is 1.71 bits per heavy atom. The standard InChI is InChI=1S/C24H23F4NO5/c25-22(26)24(27,28)34-20-8-4-7-16(11-20)21(30)17-9-18-13-32-14-19(10-17)29(18)23(31)33-12-15-5-2-1-3-6-15/h1-8,11,17-19,22H,9-10,12-14H2. The first-order valence-electron chi connectivity index (χ1n) is 10.8. The zero-order chi connectivity index (χ0) is 24.3. The van der Waals surface area contributed by atoms with E-state index in [0.29, 0.717) is 12.8 Å². The van der Waals surface area contributed by atoms with E-state index < -0.39 is 30.3 Å². The summed E-state index contributed by atoms with van der Waals surface area (Å²) in [5.74, 6) is -1.36. The van der Waals surface area contributed by atoms with Crippen LogP contribution in [0.2, 0.25) is 0 Å². The van der Waals surface area contributed by atoms with E-state index in [1.165, 1.54) is 12.1 Å². The molecule has 0 aromatic heterocycles. The summed E-state index contributed by atoms with van der Waals surface area (Å²) in [6.45, 7) is 0.601. The minimum absolute atomic E-state index is 0.0756. The molecule has 0 saturated carbocycles. The molecule has 0 aliphatic carbocycles. The topological polar surface area (TPSA) is 65.1 Å². The van der Waals surface area contributed by atoms with Crippen LogP contribution in [-0.2, 0) is 16.1 Å². The Morgan fingerprint density at radius 3 is 2.35 bits per heavy atom. The van der Waals surface area contributed by atoms with Gasteiger partial charge in [0.05, 0.1) is 25.3 Å². The normalized spacial score (nSPS) is 22.4. The number of amides is 1. The maximum absolute atomic E-state index is 13.2. The van der Waals surface area contributed by atoms with Crippen LogP contribution in [0.1, 0.15) is 28.8 Å². The van der Waals surface area contributed by atoms with Gasteiger partial charge in [-0.15, -0.1) is 0 Å². The smallest absolute Gasteiger partial charge is 0.445 e. The Hall–Kier alpha value is -3.14. The molecule has 2 bridgehead atoms. The van der Waals surface area contributed by atoms with Crippen molar-refractivity contribution in [1.29, 1.82) is 0 Å². The van der Waals surface area contributed by atoms with Crippen molar-refractivity contribution < 1.29 is 41.4 Å². The number of piperidine rings is 1. The molecule has 2 fully saturated rings. The monoisotopic (exact) mass is 481 g/mol. The minimum atomic E-state index is -4.67. The number of carbonyl (C=O) groups excluding carboxylic acids is 2.